The maximum Gasteiger partial charge on any atom is 0.319 e. The van der Waals surface area contributed by atoms with Crippen LogP contribution in [0.2, 0.25) is 0 Å². The van der Waals surface area contributed by atoms with Crippen molar-refractivity contribution >= 4 is 23.3 Å². The van der Waals surface area contributed by atoms with Crippen LogP contribution in [-0.4, -0.2) is 50.1 Å². The molecule has 1 saturated heterocycles. The summed E-state index contributed by atoms with van der Waals surface area (Å²) in [5, 5.41) is 5.77. The van der Waals surface area contributed by atoms with Crippen LogP contribution in [0.1, 0.15) is 24.0 Å². The summed E-state index contributed by atoms with van der Waals surface area (Å²) >= 11 is 0. The number of urea groups is 1. The number of ether oxygens (including phenoxy) is 1. The van der Waals surface area contributed by atoms with Crippen molar-refractivity contribution in [3.05, 3.63) is 53.6 Å². The molecule has 158 valence electrons. The Balaban J connectivity index is 1.27. The number of nitrogens with zero attached hydrogens (tertiary/aromatic N) is 2. The van der Waals surface area contributed by atoms with Gasteiger partial charge in [0, 0.05) is 50.9 Å². The van der Waals surface area contributed by atoms with Gasteiger partial charge in [-0.2, -0.15) is 0 Å². The molecule has 1 fully saturated rings. The second kappa shape index (κ2) is 9.17. The van der Waals surface area contributed by atoms with Crippen LogP contribution in [0.4, 0.5) is 16.2 Å². The van der Waals surface area contributed by atoms with Gasteiger partial charge < -0.3 is 20.3 Å². The number of rotatable bonds is 6. The van der Waals surface area contributed by atoms with E-state index in [9.17, 15) is 9.59 Å². The zero-order chi connectivity index (χ0) is 20.9. The zero-order valence-electron chi connectivity index (χ0n) is 17.3. The molecule has 2 aromatic carbocycles. The Labute approximate surface area is 177 Å². The van der Waals surface area contributed by atoms with Gasteiger partial charge in [0.2, 0.25) is 5.91 Å². The van der Waals surface area contributed by atoms with Crippen LogP contribution in [0.3, 0.4) is 0 Å². The molecule has 2 aliphatic rings. The number of hydrogen-bond acceptors (Lipinski definition) is 4. The Kier molecular flexibility index (Phi) is 6.18. The van der Waals surface area contributed by atoms with Gasteiger partial charge in [0.05, 0.1) is 12.8 Å². The fraction of sp³-hybridized carbons (Fsp3) is 0.391. The van der Waals surface area contributed by atoms with Crippen molar-refractivity contribution in [2.75, 3.05) is 43.5 Å². The zero-order valence-corrected chi connectivity index (χ0v) is 17.3. The van der Waals surface area contributed by atoms with Crippen molar-refractivity contribution in [1.82, 2.24) is 10.2 Å². The lowest BCUT2D eigenvalue weighted by molar-refractivity contribution is -0.117. The van der Waals surface area contributed by atoms with Crippen LogP contribution in [0.15, 0.2) is 42.5 Å². The van der Waals surface area contributed by atoms with E-state index in [1.165, 1.54) is 11.1 Å². The predicted molar refractivity (Wildman–Crippen MR) is 117 cm³/mol. The molecule has 0 aliphatic carbocycles. The fourth-order valence-corrected chi connectivity index (χ4v) is 4.13. The molecule has 0 aromatic heterocycles. The molecule has 0 radical (unpaired) electrons. The molecule has 2 aliphatic heterocycles. The highest BCUT2D eigenvalue weighted by molar-refractivity contribution is 5.97. The monoisotopic (exact) mass is 408 g/mol. The molecular weight excluding hydrogens is 380 g/mol. The summed E-state index contributed by atoms with van der Waals surface area (Å²) in [7, 11) is 1.57. The van der Waals surface area contributed by atoms with Gasteiger partial charge >= 0.3 is 6.03 Å². The van der Waals surface area contributed by atoms with E-state index in [2.05, 4.69) is 39.8 Å². The van der Waals surface area contributed by atoms with E-state index >= 15 is 0 Å². The highest BCUT2D eigenvalue weighted by Gasteiger charge is 2.24. The van der Waals surface area contributed by atoms with Crippen LogP contribution in [0.5, 0.6) is 5.75 Å². The van der Waals surface area contributed by atoms with Crippen LogP contribution in [0.25, 0.3) is 0 Å². The minimum absolute atomic E-state index is 0.104. The molecule has 2 heterocycles. The molecule has 30 heavy (non-hydrogen) atoms. The van der Waals surface area contributed by atoms with Gasteiger partial charge in [-0.25, -0.2) is 4.79 Å². The van der Waals surface area contributed by atoms with E-state index in [0.717, 1.165) is 38.2 Å². The highest BCUT2D eigenvalue weighted by atomic mass is 16.5. The minimum Gasteiger partial charge on any atom is -0.494 e. The lowest BCUT2D eigenvalue weighted by Crippen LogP contribution is -2.39. The number of hydrogen-bond donors (Lipinski definition) is 2. The van der Waals surface area contributed by atoms with Gasteiger partial charge in [-0.3, -0.25) is 9.69 Å². The maximum atomic E-state index is 12.3. The summed E-state index contributed by atoms with van der Waals surface area (Å²) < 4.78 is 5.45. The first-order chi connectivity index (χ1) is 14.6. The highest BCUT2D eigenvalue weighted by Crippen LogP contribution is 2.33. The SMILES string of the molecule is COc1cc(NC(=O)NCCN2CCc3ccccc3C2)ccc1N1CCCC1=O. The summed E-state index contributed by atoms with van der Waals surface area (Å²) in [6.45, 7) is 4.01. The number of anilines is 2. The molecule has 2 aromatic rings. The van der Waals surface area contributed by atoms with Crippen LogP contribution in [0, 0.1) is 0 Å². The normalized spacial score (nSPS) is 16.3. The first-order valence-electron chi connectivity index (χ1n) is 10.5. The number of carbonyl (C=O) groups is 2. The number of benzene rings is 2. The Morgan fingerprint density at radius 3 is 2.70 bits per heavy atom. The lowest BCUT2D eigenvalue weighted by atomic mass is 10.00. The average molecular weight is 409 g/mol. The Morgan fingerprint density at radius 2 is 1.93 bits per heavy atom. The quantitative estimate of drug-likeness (QED) is 0.771. The number of carbonyl (C=O) groups excluding carboxylic acids is 2. The minimum atomic E-state index is -0.250. The van der Waals surface area contributed by atoms with Crippen molar-refractivity contribution in [3.63, 3.8) is 0 Å². The molecule has 3 amide bonds. The summed E-state index contributed by atoms with van der Waals surface area (Å²) in [6.07, 6.45) is 2.47. The Hall–Kier alpha value is -3.06. The molecule has 4 rings (SSSR count). The molecule has 0 unspecified atom stereocenters. The van der Waals surface area contributed by atoms with Crippen molar-refractivity contribution in [3.8, 4) is 5.75 Å². The van der Waals surface area contributed by atoms with Crippen LogP contribution < -0.4 is 20.3 Å². The standard InChI is InChI=1S/C23H28N4O3/c1-30-21-15-19(8-9-20(21)27-12-4-7-22(27)28)25-23(29)24-11-14-26-13-10-17-5-2-3-6-18(17)16-26/h2-3,5-6,8-9,15H,4,7,10-14,16H2,1H3,(H2,24,25,29). The molecular formula is C23H28N4O3. The number of nitrogens with one attached hydrogen (secondary N) is 2. The number of methoxy groups -OCH3 is 1. The predicted octanol–water partition coefficient (Wildman–Crippen LogP) is 3.00. The molecule has 0 atom stereocenters. The smallest absolute Gasteiger partial charge is 0.319 e. The van der Waals surface area contributed by atoms with E-state index in [1.807, 2.05) is 6.07 Å². The van der Waals surface area contributed by atoms with Crippen molar-refractivity contribution in [2.24, 2.45) is 0 Å². The van der Waals surface area contributed by atoms with Gasteiger partial charge in [-0.1, -0.05) is 24.3 Å². The van der Waals surface area contributed by atoms with E-state index in [1.54, 1.807) is 24.1 Å². The van der Waals surface area contributed by atoms with E-state index in [-0.39, 0.29) is 11.9 Å². The summed E-state index contributed by atoms with van der Waals surface area (Å²) in [5.41, 5.74) is 4.17. The first kappa shape index (κ1) is 20.2. The van der Waals surface area contributed by atoms with Gasteiger partial charge in [-0.15, -0.1) is 0 Å². The third-order valence-electron chi connectivity index (χ3n) is 5.73. The molecule has 0 bridgehead atoms. The molecule has 7 nitrogen and oxygen atoms in total. The van der Waals surface area contributed by atoms with Gasteiger partial charge in [0.1, 0.15) is 5.75 Å². The van der Waals surface area contributed by atoms with Crippen molar-refractivity contribution in [2.45, 2.75) is 25.8 Å². The van der Waals surface area contributed by atoms with Gasteiger partial charge in [0.25, 0.3) is 0 Å². The fourth-order valence-electron chi connectivity index (χ4n) is 4.13. The average Bonchev–Trinajstić information content (AvgIpc) is 3.19. The van der Waals surface area contributed by atoms with Crippen molar-refractivity contribution < 1.29 is 14.3 Å². The molecule has 0 saturated carbocycles. The second-order valence-electron chi connectivity index (χ2n) is 7.71. The third kappa shape index (κ3) is 4.57. The van der Waals surface area contributed by atoms with E-state index in [4.69, 9.17) is 4.74 Å². The largest absolute Gasteiger partial charge is 0.494 e. The molecule has 7 heteroatoms. The Bertz CT molecular complexity index is 930. The molecule has 0 spiro atoms. The van der Waals surface area contributed by atoms with Crippen molar-refractivity contribution in [1.29, 1.82) is 0 Å². The maximum absolute atomic E-state index is 12.3. The van der Waals surface area contributed by atoms with E-state index < -0.39 is 0 Å². The second-order valence-corrected chi connectivity index (χ2v) is 7.71. The van der Waals surface area contributed by atoms with Gasteiger partial charge in [-0.05, 0) is 36.1 Å². The summed E-state index contributed by atoms with van der Waals surface area (Å²) in [5.74, 6) is 0.683. The summed E-state index contributed by atoms with van der Waals surface area (Å²) in [4.78, 5) is 28.4. The third-order valence-corrected chi connectivity index (χ3v) is 5.73. The molecule has 2 N–H and O–H groups in total. The Morgan fingerprint density at radius 1 is 1.10 bits per heavy atom. The van der Waals surface area contributed by atoms with Crippen LogP contribution in [-0.2, 0) is 17.8 Å². The summed E-state index contributed by atoms with van der Waals surface area (Å²) in [6, 6.07) is 13.7. The number of amides is 3. The lowest BCUT2D eigenvalue weighted by Gasteiger charge is -2.28. The van der Waals surface area contributed by atoms with E-state index in [0.29, 0.717) is 30.9 Å². The number of fused-ring (bicyclic) bond motifs is 1. The topological polar surface area (TPSA) is 73.9 Å². The van der Waals surface area contributed by atoms with Crippen LogP contribution >= 0.6 is 0 Å². The first-order valence-corrected chi connectivity index (χ1v) is 10.5. The van der Waals surface area contributed by atoms with Gasteiger partial charge in [0.15, 0.2) is 0 Å².